The number of para-hydroxylation sites is 5. The topological polar surface area (TPSA) is 175 Å². The SMILES string of the molecule is CCN.CCN.CCNC(C)=O.CCNC(C)=O.N#Cc1ccccc1.[C-]#[N+]c1ccccc1.c1ccc(OCOc2ccccc2)cc1.c1ccc(OCOc2ccccc2)cc1. The van der Waals surface area contributed by atoms with Crippen molar-refractivity contribution in [1.82, 2.24) is 10.6 Å². The summed E-state index contributed by atoms with van der Waals surface area (Å²) in [5, 5.41) is 13.4. The minimum atomic E-state index is 0.0394. The Hall–Kier alpha value is -7.64. The van der Waals surface area contributed by atoms with Crippen LogP contribution in [-0.2, 0) is 9.59 Å². The van der Waals surface area contributed by atoms with Crippen LogP contribution in [0.1, 0.15) is 47.1 Å². The third kappa shape index (κ3) is 39.8. The molecule has 0 radical (unpaired) electrons. The van der Waals surface area contributed by atoms with Crippen LogP contribution in [0.4, 0.5) is 5.69 Å². The van der Waals surface area contributed by atoms with Crippen molar-refractivity contribution >= 4 is 17.5 Å². The molecule has 12 nitrogen and oxygen atoms in total. The van der Waals surface area contributed by atoms with Crippen LogP contribution in [0.2, 0.25) is 0 Å². The van der Waals surface area contributed by atoms with Crippen molar-refractivity contribution in [3.63, 3.8) is 0 Å². The molecular formula is C52H66N6O6. The zero-order chi connectivity index (χ0) is 47.7. The summed E-state index contributed by atoms with van der Waals surface area (Å²) in [7, 11) is 0. The van der Waals surface area contributed by atoms with E-state index in [0.29, 0.717) is 11.3 Å². The van der Waals surface area contributed by atoms with E-state index in [2.05, 4.69) is 15.5 Å². The van der Waals surface area contributed by atoms with E-state index in [1.165, 1.54) is 13.8 Å². The van der Waals surface area contributed by atoms with Gasteiger partial charge in [-0.15, -0.1) is 0 Å². The molecule has 0 aliphatic carbocycles. The lowest BCUT2D eigenvalue weighted by molar-refractivity contribution is -0.119. The number of nitrogens with two attached hydrogens (primary N) is 2. The number of hydrogen-bond acceptors (Lipinski definition) is 9. The maximum Gasteiger partial charge on any atom is 0.230 e. The highest BCUT2D eigenvalue weighted by Crippen LogP contribution is 2.13. The Balaban J connectivity index is 0. The highest BCUT2D eigenvalue weighted by molar-refractivity contribution is 5.72. The molecule has 0 atom stereocenters. The minimum Gasteiger partial charge on any atom is -0.458 e. The number of nitriles is 1. The lowest BCUT2D eigenvalue weighted by Crippen LogP contribution is -2.18. The first-order valence-corrected chi connectivity index (χ1v) is 20.6. The Labute approximate surface area is 381 Å². The predicted octanol–water partition coefficient (Wildman–Crippen LogP) is 10.2. The normalized spacial score (nSPS) is 8.47. The zero-order valence-corrected chi connectivity index (χ0v) is 38.1. The van der Waals surface area contributed by atoms with E-state index >= 15 is 0 Å². The van der Waals surface area contributed by atoms with Gasteiger partial charge in [0.1, 0.15) is 23.0 Å². The molecule has 0 saturated heterocycles. The summed E-state index contributed by atoms with van der Waals surface area (Å²) in [4.78, 5) is 23.1. The Morgan fingerprint density at radius 1 is 0.500 bits per heavy atom. The van der Waals surface area contributed by atoms with Crippen LogP contribution >= 0.6 is 0 Å². The average Bonchev–Trinajstić information content (AvgIpc) is 3.32. The molecule has 0 aliphatic heterocycles. The second-order valence-corrected chi connectivity index (χ2v) is 12.0. The molecular weight excluding hydrogens is 805 g/mol. The Morgan fingerprint density at radius 2 is 0.734 bits per heavy atom. The second kappa shape index (κ2) is 44.9. The van der Waals surface area contributed by atoms with Crippen molar-refractivity contribution in [2.75, 3.05) is 39.8 Å². The van der Waals surface area contributed by atoms with Gasteiger partial charge in [-0.3, -0.25) is 9.59 Å². The number of hydrogen-bond donors (Lipinski definition) is 4. The first kappa shape index (κ1) is 58.5. The molecule has 6 N–H and O–H groups in total. The van der Waals surface area contributed by atoms with E-state index in [1.807, 2.05) is 191 Å². The Kier molecular flexibility index (Phi) is 41.0. The third-order valence-corrected chi connectivity index (χ3v) is 6.51. The highest BCUT2D eigenvalue weighted by atomic mass is 16.7. The first-order valence-electron chi connectivity index (χ1n) is 20.6. The van der Waals surface area contributed by atoms with Crippen molar-refractivity contribution < 1.29 is 28.5 Å². The van der Waals surface area contributed by atoms with Gasteiger partial charge in [0.15, 0.2) is 5.69 Å². The molecule has 0 saturated carbocycles. The van der Waals surface area contributed by atoms with Gasteiger partial charge in [-0.05, 0) is 87.6 Å². The predicted molar refractivity (Wildman–Crippen MR) is 260 cm³/mol. The molecule has 2 amide bonds. The second-order valence-electron chi connectivity index (χ2n) is 12.0. The fraction of sp³-hybridized carbons (Fsp3) is 0.231. The smallest absolute Gasteiger partial charge is 0.230 e. The maximum absolute atomic E-state index is 9.93. The van der Waals surface area contributed by atoms with Gasteiger partial charge in [0.2, 0.25) is 25.4 Å². The number of ether oxygens (including phenoxy) is 4. The van der Waals surface area contributed by atoms with Gasteiger partial charge < -0.3 is 41.0 Å². The van der Waals surface area contributed by atoms with E-state index in [9.17, 15) is 9.59 Å². The lowest BCUT2D eigenvalue weighted by atomic mass is 10.2. The van der Waals surface area contributed by atoms with Gasteiger partial charge in [0.05, 0.1) is 18.2 Å². The Morgan fingerprint density at radius 3 is 0.891 bits per heavy atom. The molecule has 0 aliphatic rings. The van der Waals surface area contributed by atoms with E-state index in [4.69, 9.17) is 42.2 Å². The van der Waals surface area contributed by atoms with E-state index in [0.717, 1.165) is 49.2 Å². The van der Waals surface area contributed by atoms with E-state index < -0.39 is 0 Å². The number of carbonyl (C=O) groups is 2. The Bertz CT molecular complexity index is 1770. The summed E-state index contributed by atoms with van der Waals surface area (Å²) < 4.78 is 21.6. The molecule has 12 heteroatoms. The molecule has 0 heterocycles. The summed E-state index contributed by atoms with van der Waals surface area (Å²) in [6.45, 7) is 20.6. The monoisotopic (exact) mass is 871 g/mol. The number of nitrogens with zero attached hydrogens (tertiary/aromatic N) is 2. The summed E-state index contributed by atoms with van der Waals surface area (Å²) in [6, 6.07) is 58.7. The van der Waals surface area contributed by atoms with E-state index in [1.54, 1.807) is 24.3 Å². The molecule has 0 bridgehead atoms. The highest BCUT2D eigenvalue weighted by Gasteiger charge is 1.94. The quantitative estimate of drug-likeness (QED) is 0.0771. The number of nitrogens with one attached hydrogen (secondary N) is 2. The summed E-state index contributed by atoms with van der Waals surface area (Å²) in [6.07, 6.45) is 0. The molecule has 6 aromatic rings. The lowest BCUT2D eigenvalue weighted by Gasteiger charge is -2.07. The van der Waals surface area contributed by atoms with Crippen LogP contribution in [0.25, 0.3) is 4.85 Å². The summed E-state index contributed by atoms with van der Waals surface area (Å²) in [5.41, 5.74) is 11.1. The van der Waals surface area contributed by atoms with Crippen LogP contribution in [0.15, 0.2) is 182 Å². The maximum atomic E-state index is 9.93. The van der Waals surface area contributed by atoms with Gasteiger partial charge in [0, 0.05) is 26.9 Å². The average molecular weight is 871 g/mol. The van der Waals surface area contributed by atoms with Gasteiger partial charge in [-0.1, -0.05) is 135 Å². The third-order valence-electron chi connectivity index (χ3n) is 6.51. The first-order chi connectivity index (χ1) is 31.1. The standard InChI is InChI=1S/2C13H12O2.2C7H5N.2C4H9NO.2C2H7N/c2*1-3-7-12(8-4-1)14-11-15-13-9-5-2-6-10-13;1-8-7-5-3-2-4-6-7;8-6-7-4-2-1-3-5-7;2*1-3-5-4(2)6;2*1-2-3/h2*1-10H,11H2;2-6H;1-5H;2*3H2,1-2H3,(H,5,6);2*2-3H2,1H3. The number of benzene rings is 6. The summed E-state index contributed by atoms with van der Waals surface area (Å²) in [5.74, 6) is 3.33. The fourth-order valence-electron chi connectivity index (χ4n) is 3.91. The molecule has 340 valence electrons. The van der Waals surface area contributed by atoms with Crippen molar-refractivity contribution in [1.29, 1.82) is 5.26 Å². The minimum absolute atomic E-state index is 0.0394. The van der Waals surface area contributed by atoms with Crippen LogP contribution in [0.5, 0.6) is 23.0 Å². The molecule has 6 aromatic carbocycles. The van der Waals surface area contributed by atoms with Gasteiger partial charge in [-0.25, -0.2) is 4.85 Å². The molecule has 64 heavy (non-hydrogen) atoms. The fourth-order valence-corrected chi connectivity index (χ4v) is 3.91. The summed E-state index contributed by atoms with van der Waals surface area (Å²) >= 11 is 0. The molecule has 0 spiro atoms. The van der Waals surface area contributed by atoms with Crippen molar-refractivity contribution in [3.05, 3.63) is 199 Å². The number of amides is 2. The molecule has 0 unspecified atom stereocenters. The van der Waals surface area contributed by atoms with Gasteiger partial charge in [-0.2, -0.15) is 5.26 Å². The number of carbonyl (C=O) groups excluding carboxylic acids is 2. The molecule has 6 rings (SSSR count). The van der Waals surface area contributed by atoms with Crippen LogP contribution < -0.4 is 41.0 Å². The van der Waals surface area contributed by atoms with Crippen LogP contribution in [0, 0.1) is 17.9 Å². The van der Waals surface area contributed by atoms with Crippen molar-refractivity contribution in [2.45, 2.75) is 41.5 Å². The number of rotatable bonds is 10. The van der Waals surface area contributed by atoms with Crippen LogP contribution in [-0.4, -0.2) is 51.6 Å². The van der Waals surface area contributed by atoms with Gasteiger partial charge in [0.25, 0.3) is 0 Å². The largest absolute Gasteiger partial charge is 0.458 e. The van der Waals surface area contributed by atoms with E-state index in [-0.39, 0.29) is 25.4 Å². The van der Waals surface area contributed by atoms with Gasteiger partial charge >= 0.3 is 0 Å². The van der Waals surface area contributed by atoms with Crippen LogP contribution in [0.3, 0.4) is 0 Å². The molecule has 0 fully saturated rings. The van der Waals surface area contributed by atoms with Crippen molar-refractivity contribution in [3.8, 4) is 29.1 Å². The van der Waals surface area contributed by atoms with Crippen molar-refractivity contribution in [2.24, 2.45) is 11.5 Å². The molecule has 0 aromatic heterocycles. The zero-order valence-electron chi connectivity index (χ0n) is 38.1.